The summed E-state index contributed by atoms with van der Waals surface area (Å²) in [7, 11) is 3.26. The van der Waals surface area contributed by atoms with E-state index >= 15 is 0 Å². The molecule has 114 valence electrons. The molecule has 0 radical (unpaired) electrons. The number of imidazole rings is 1. The lowest BCUT2D eigenvalue weighted by molar-refractivity contribution is 0.355. The lowest BCUT2D eigenvalue weighted by Gasteiger charge is -2.21. The first kappa shape index (κ1) is 15.4. The Morgan fingerprint density at radius 3 is 2.48 bits per heavy atom. The van der Waals surface area contributed by atoms with Gasteiger partial charge in [0.25, 0.3) is 0 Å². The largest absolute Gasteiger partial charge is 0.493 e. The van der Waals surface area contributed by atoms with Crippen LogP contribution in [0.15, 0.2) is 30.7 Å². The standard InChI is InChI=1S/C16H23N3O2/c1-11(2)13(8-17)14-9-18-10-19(14)12-5-6-15(20-3)16(7-12)21-4/h5-7,9-11,13H,8,17H2,1-4H3. The van der Waals surface area contributed by atoms with E-state index in [1.807, 2.05) is 30.7 Å². The lowest BCUT2D eigenvalue weighted by atomic mass is 9.93. The van der Waals surface area contributed by atoms with Gasteiger partial charge in [-0.2, -0.15) is 0 Å². The molecule has 0 aliphatic carbocycles. The maximum Gasteiger partial charge on any atom is 0.162 e. The summed E-state index contributed by atoms with van der Waals surface area (Å²) in [4.78, 5) is 4.28. The van der Waals surface area contributed by atoms with Crippen LogP contribution in [0.2, 0.25) is 0 Å². The zero-order chi connectivity index (χ0) is 15.4. The van der Waals surface area contributed by atoms with Crippen LogP contribution < -0.4 is 15.2 Å². The van der Waals surface area contributed by atoms with Crippen LogP contribution in [0.4, 0.5) is 0 Å². The number of ether oxygens (including phenoxy) is 2. The fourth-order valence-corrected chi connectivity index (χ4v) is 2.50. The van der Waals surface area contributed by atoms with Gasteiger partial charge in [0.2, 0.25) is 0 Å². The number of benzene rings is 1. The number of aromatic nitrogens is 2. The van der Waals surface area contributed by atoms with Crippen LogP contribution in [-0.2, 0) is 0 Å². The summed E-state index contributed by atoms with van der Waals surface area (Å²) in [6.45, 7) is 4.93. The normalized spacial score (nSPS) is 12.5. The van der Waals surface area contributed by atoms with E-state index in [1.165, 1.54) is 0 Å². The summed E-state index contributed by atoms with van der Waals surface area (Å²) >= 11 is 0. The predicted octanol–water partition coefficient (Wildman–Crippen LogP) is 2.59. The van der Waals surface area contributed by atoms with Gasteiger partial charge in [-0.15, -0.1) is 0 Å². The first-order valence-corrected chi connectivity index (χ1v) is 7.07. The molecule has 0 bridgehead atoms. The third-order valence-electron chi connectivity index (χ3n) is 3.75. The molecule has 21 heavy (non-hydrogen) atoms. The third kappa shape index (κ3) is 3.03. The van der Waals surface area contributed by atoms with Crippen LogP contribution in [0.1, 0.15) is 25.5 Å². The van der Waals surface area contributed by atoms with Crippen LogP contribution in [0.3, 0.4) is 0 Å². The molecule has 0 aliphatic rings. The Balaban J connectivity index is 2.46. The van der Waals surface area contributed by atoms with Gasteiger partial charge < -0.3 is 19.8 Å². The highest BCUT2D eigenvalue weighted by Crippen LogP contribution is 2.31. The topological polar surface area (TPSA) is 62.3 Å². The Morgan fingerprint density at radius 2 is 1.90 bits per heavy atom. The van der Waals surface area contributed by atoms with E-state index in [9.17, 15) is 0 Å². The van der Waals surface area contributed by atoms with Crippen molar-refractivity contribution in [2.75, 3.05) is 20.8 Å². The van der Waals surface area contributed by atoms with Crippen LogP contribution >= 0.6 is 0 Å². The van der Waals surface area contributed by atoms with Gasteiger partial charge in [-0.1, -0.05) is 13.8 Å². The van der Waals surface area contributed by atoms with Crippen molar-refractivity contribution in [3.63, 3.8) is 0 Å². The first-order valence-electron chi connectivity index (χ1n) is 7.07. The molecule has 1 atom stereocenters. The number of rotatable bonds is 6. The molecule has 0 spiro atoms. The summed E-state index contributed by atoms with van der Waals surface area (Å²) < 4.78 is 12.7. The second-order valence-electron chi connectivity index (χ2n) is 5.31. The highest BCUT2D eigenvalue weighted by molar-refractivity contribution is 5.49. The molecule has 0 aliphatic heterocycles. The first-order chi connectivity index (χ1) is 10.1. The van der Waals surface area contributed by atoms with Gasteiger partial charge in [0.1, 0.15) is 0 Å². The molecule has 1 aromatic carbocycles. The van der Waals surface area contributed by atoms with Gasteiger partial charge in [0.05, 0.1) is 26.2 Å². The van der Waals surface area contributed by atoms with E-state index < -0.39 is 0 Å². The zero-order valence-electron chi connectivity index (χ0n) is 13.0. The maximum atomic E-state index is 5.93. The second kappa shape index (κ2) is 6.63. The number of nitrogens with two attached hydrogens (primary N) is 1. The second-order valence-corrected chi connectivity index (χ2v) is 5.31. The molecule has 0 amide bonds. The molecule has 2 N–H and O–H groups in total. The van der Waals surface area contributed by atoms with Crippen molar-refractivity contribution in [1.29, 1.82) is 0 Å². The Morgan fingerprint density at radius 1 is 1.19 bits per heavy atom. The minimum Gasteiger partial charge on any atom is -0.493 e. The lowest BCUT2D eigenvalue weighted by Crippen LogP contribution is -2.20. The fourth-order valence-electron chi connectivity index (χ4n) is 2.50. The zero-order valence-corrected chi connectivity index (χ0v) is 13.0. The van der Waals surface area contributed by atoms with Gasteiger partial charge >= 0.3 is 0 Å². The van der Waals surface area contributed by atoms with E-state index in [1.54, 1.807) is 14.2 Å². The average molecular weight is 289 g/mol. The Labute approximate surface area is 125 Å². The number of methoxy groups -OCH3 is 2. The highest BCUT2D eigenvalue weighted by atomic mass is 16.5. The van der Waals surface area contributed by atoms with Gasteiger partial charge in [0, 0.05) is 30.4 Å². The van der Waals surface area contributed by atoms with Gasteiger partial charge in [0.15, 0.2) is 11.5 Å². The van der Waals surface area contributed by atoms with E-state index in [-0.39, 0.29) is 5.92 Å². The predicted molar refractivity (Wildman–Crippen MR) is 83.3 cm³/mol. The smallest absolute Gasteiger partial charge is 0.162 e. The van der Waals surface area contributed by atoms with E-state index in [0.29, 0.717) is 24.0 Å². The number of hydrogen-bond acceptors (Lipinski definition) is 4. The third-order valence-corrected chi connectivity index (χ3v) is 3.75. The molecule has 0 saturated heterocycles. The molecule has 2 rings (SSSR count). The summed E-state index contributed by atoms with van der Waals surface area (Å²) in [6, 6.07) is 5.82. The number of hydrogen-bond donors (Lipinski definition) is 1. The van der Waals surface area contributed by atoms with Crippen LogP contribution in [0.5, 0.6) is 11.5 Å². The monoisotopic (exact) mass is 289 g/mol. The SMILES string of the molecule is COc1ccc(-n2cncc2C(CN)C(C)C)cc1OC. The Bertz CT molecular complexity index is 593. The Kier molecular flexibility index (Phi) is 4.85. The van der Waals surface area contributed by atoms with Crippen molar-refractivity contribution in [3.05, 3.63) is 36.4 Å². The molecule has 1 aromatic heterocycles. The summed E-state index contributed by atoms with van der Waals surface area (Å²) in [5.41, 5.74) is 8.02. The summed E-state index contributed by atoms with van der Waals surface area (Å²) in [6.07, 6.45) is 3.69. The molecule has 0 saturated carbocycles. The quantitative estimate of drug-likeness (QED) is 0.888. The van der Waals surface area contributed by atoms with Crippen molar-refractivity contribution in [3.8, 4) is 17.2 Å². The van der Waals surface area contributed by atoms with Gasteiger partial charge in [-0.05, 0) is 18.1 Å². The minimum absolute atomic E-state index is 0.264. The van der Waals surface area contributed by atoms with E-state index in [4.69, 9.17) is 15.2 Å². The molecule has 5 nitrogen and oxygen atoms in total. The van der Waals surface area contributed by atoms with E-state index in [2.05, 4.69) is 23.4 Å². The van der Waals surface area contributed by atoms with Gasteiger partial charge in [-0.3, -0.25) is 0 Å². The van der Waals surface area contributed by atoms with Crippen molar-refractivity contribution in [2.24, 2.45) is 11.7 Å². The van der Waals surface area contributed by atoms with Crippen LogP contribution in [-0.4, -0.2) is 30.3 Å². The van der Waals surface area contributed by atoms with Crippen molar-refractivity contribution in [2.45, 2.75) is 19.8 Å². The molecular weight excluding hydrogens is 266 g/mol. The van der Waals surface area contributed by atoms with Crippen LogP contribution in [0, 0.1) is 5.92 Å². The highest BCUT2D eigenvalue weighted by Gasteiger charge is 2.19. The Hall–Kier alpha value is -2.01. The van der Waals surface area contributed by atoms with Crippen molar-refractivity contribution in [1.82, 2.24) is 9.55 Å². The molecule has 2 aromatic rings. The van der Waals surface area contributed by atoms with Crippen LogP contribution in [0.25, 0.3) is 5.69 Å². The molecule has 1 heterocycles. The molecular formula is C16H23N3O2. The number of nitrogens with zero attached hydrogens (tertiary/aromatic N) is 2. The fraction of sp³-hybridized carbons (Fsp3) is 0.438. The van der Waals surface area contributed by atoms with Crippen molar-refractivity contribution < 1.29 is 9.47 Å². The average Bonchev–Trinajstić information content (AvgIpc) is 2.96. The summed E-state index contributed by atoms with van der Waals surface area (Å²) in [5.74, 6) is 2.12. The maximum absolute atomic E-state index is 5.93. The summed E-state index contributed by atoms with van der Waals surface area (Å²) in [5, 5.41) is 0. The van der Waals surface area contributed by atoms with Crippen molar-refractivity contribution >= 4 is 0 Å². The molecule has 5 heteroatoms. The van der Waals surface area contributed by atoms with Gasteiger partial charge in [-0.25, -0.2) is 4.98 Å². The molecule has 0 fully saturated rings. The minimum atomic E-state index is 0.264. The van der Waals surface area contributed by atoms with E-state index in [0.717, 1.165) is 11.4 Å². The molecule has 1 unspecified atom stereocenters.